The largest absolute Gasteiger partial charge is 0.508 e. The van der Waals surface area contributed by atoms with Crippen LogP contribution in [0.25, 0.3) is 0 Å². The first-order valence-electron chi connectivity index (χ1n) is 24.3. The number of nitrogens with one attached hydrogen (secondary N) is 7. The molecule has 0 aromatic heterocycles. The Labute approximate surface area is 428 Å². The van der Waals surface area contributed by atoms with Gasteiger partial charge in [0.1, 0.15) is 48.0 Å². The summed E-state index contributed by atoms with van der Waals surface area (Å²) in [6, 6.07) is -6.52. The summed E-state index contributed by atoms with van der Waals surface area (Å²) in [5, 5.41) is 66.0. The summed E-state index contributed by atoms with van der Waals surface area (Å²) in [6.45, 7) is 4.81. The van der Waals surface area contributed by atoms with E-state index < -0.39 is 139 Å². The number of phenolic OH excluding ortho intramolecular Hbond substituents is 1. The minimum Gasteiger partial charge on any atom is -0.508 e. The van der Waals surface area contributed by atoms with E-state index in [9.17, 15) is 73.5 Å². The van der Waals surface area contributed by atoms with Gasteiger partial charge in [0.05, 0.1) is 18.6 Å². The number of carboxylic acids is 3. The van der Waals surface area contributed by atoms with Crippen LogP contribution in [0, 0.1) is 5.92 Å². The van der Waals surface area contributed by atoms with Crippen molar-refractivity contribution in [2.75, 3.05) is 19.6 Å². The lowest BCUT2D eigenvalue weighted by Gasteiger charge is -2.29. The molecule has 0 heterocycles. The van der Waals surface area contributed by atoms with Crippen molar-refractivity contribution < 1.29 is 73.5 Å². The van der Waals surface area contributed by atoms with E-state index >= 15 is 0 Å². The summed E-state index contributed by atoms with van der Waals surface area (Å²) >= 11 is 0. The number of nitrogens with two attached hydrogens (primary N) is 5. The highest BCUT2D eigenvalue weighted by Crippen LogP contribution is 2.14. The van der Waals surface area contributed by atoms with Crippen LogP contribution < -0.4 is 65.9 Å². The smallest absolute Gasteiger partial charge is 0.326 e. The highest BCUT2D eigenvalue weighted by molar-refractivity contribution is 5.98. The van der Waals surface area contributed by atoms with E-state index in [1.54, 1.807) is 26.0 Å². The number of nitrogens with zero attached hydrogens (tertiary/aromatic N) is 1. The molecule has 416 valence electrons. The van der Waals surface area contributed by atoms with Gasteiger partial charge in [-0.25, -0.2) is 4.79 Å². The number of carbonyl (C=O) groups excluding carboxylic acids is 7. The van der Waals surface area contributed by atoms with E-state index in [2.05, 4.69) is 42.2 Å². The number of hydrogen-bond acceptors (Lipinski definition) is 16. The van der Waals surface area contributed by atoms with Gasteiger partial charge in [0.2, 0.25) is 41.4 Å². The Morgan fingerprint density at radius 3 is 1.51 bits per heavy atom. The number of aliphatic hydroxyl groups excluding tert-OH is 1. The molecule has 0 spiro atoms. The van der Waals surface area contributed by atoms with Crippen molar-refractivity contribution in [3.05, 3.63) is 29.8 Å². The lowest BCUT2D eigenvalue weighted by atomic mass is 9.97. The van der Waals surface area contributed by atoms with Crippen molar-refractivity contribution in [1.29, 1.82) is 0 Å². The molecule has 0 aliphatic rings. The van der Waals surface area contributed by atoms with Crippen LogP contribution in [0.4, 0.5) is 0 Å². The number of aliphatic carboxylic acids is 3. The third-order valence-corrected chi connectivity index (χ3v) is 11.6. The monoisotopic (exact) mass is 1050 g/mol. The average molecular weight is 1050 g/mol. The van der Waals surface area contributed by atoms with Crippen molar-refractivity contribution in [3.63, 3.8) is 0 Å². The minimum absolute atomic E-state index is 0.00448. The number of benzene rings is 1. The summed E-state index contributed by atoms with van der Waals surface area (Å²) in [5.41, 5.74) is 28.8. The normalized spacial score (nSPS) is 15.1. The standard InChI is InChI=1S/C46H77N13O15/c1-4-24(2)36(43(71)56-32(45(73)74)11-6-8-20-48)58-42(70)33(23-35(64)65)57-40(68)31(17-18-34(62)63)54-39(67)30(12-9-21-52-46(50)51)55-44(72)37(25(3)60)59-41(69)29(10-5-7-19-47)53-38(66)28(49)22-26-13-15-27(61)16-14-26/h13-16,24-25,28-33,36-37,60-61H,4-12,17-23,47-49H2,1-3H3,(H,53,66)(H,54,67)(H,55,72)(H,56,71)(H,57,68)(H,58,70)(H,59,69)(H,62,63)(H,64,65)(H,73,74)(H4,50,51,52). The molecule has 1 rings (SSSR count). The molecule has 7 amide bonds. The molecule has 74 heavy (non-hydrogen) atoms. The summed E-state index contributed by atoms with van der Waals surface area (Å²) in [5.74, 6) is -12.7. The fraction of sp³-hybridized carbons (Fsp3) is 0.630. The predicted octanol–water partition coefficient (Wildman–Crippen LogP) is -4.18. The molecule has 22 N–H and O–H groups in total. The maximum Gasteiger partial charge on any atom is 0.326 e. The average Bonchev–Trinajstić information content (AvgIpc) is 3.33. The highest BCUT2D eigenvalue weighted by Gasteiger charge is 2.37. The second-order valence-electron chi connectivity index (χ2n) is 17.8. The van der Waals surface area contributed by atoms with Gasteiger partial charge in [-0.05, 0) is 108 Å². The van der Waals surface area contributed by atoms with Gasteiger partial charge in [-0.3, -0.25) is 48.1 Å². The third kappa shape index (κ3) is 25.0. The van der Waals surface area contributed by atoms with Gasteiger partial charge >= 0.3 is 17.9 Å². The number of rotatable bonds is 37. The molecule has 28 heteroatoms. The van der Waals surface area contributed by atoms with Gasteiger partial charge in [-0.2, -0.15) is 0 Å². The number of unbranched alkanes of at least 4 members (excludes halogenated alkanes) is 2. The zero-order valence-corrected chi connectivity index (χ0v) is 42.0. The first-order chi connectivity index (χ1) is 34.8. The Morgan fingerprint density at radius 2 is 1.01 bits per heavy atom. The number of phenols is 1. The topological polar surface area (TPSA) is 499 Å². The summed E-state index contributed by atoms with van der Waals surface area (Å²) in [7, 11) is 0. The van der Waals surface area contributed by atoms with Crippen LogP contribution in [0.15, 0.2) is 29.3 Å². The van der Waals surface area contributed by atoms with Crippen LogP contribution in [0.5, 0.6) is 5.75 Å². The Balaban J connectivity index is 3.50. The number of carbonyl (C=O) groups is 10. The van der Waals surface area contributed by atoms with Crippen LogP contribution in [-0.2, 0) is 54.4 Å². The zero-order chi connectivity index (χ0) is 56.1. The van der Waals surface area contributed by atoms with Crippen molar-refractivity contribution in [2.24, 2.45) is 39.6 Å². The Bertz CT molecular complexity index is 2060. The first kappa shape index (κ1) is 64.8. The van der Waals surface area contributed by atoms with Gasteiger partial charge in [0.15, 0.2) is 5.96 Å². The molecule has 1 aromatic carbocycles. The van der Waals surface area contributed by atoms with Crippen LogP contribution in [0.1, 0.15) is 103 Å². The van der Waals surface area contributed by atoms with E-state index in [-0.39, 0.29) is 69.9 Å². The van der Waals surface area contributed by atoms with Crippen molar-refractivity contribution in [1.82, 2.24) is 37.2 Å². The fourth-order valence-corrected chi connectivity index (χ4v) is 7.14. The Kier molecular flexibility index (Phi) is 30.0. The second kappa shape index (κ2) is 34.3. The highest BCUT2D eigenvalue weighted by atomic mass is 16.4. The number of aromatic hydroxyl groups is 1. The van der Waals surface area contributed by atoms with Gasteiger partial charge in [0.25, 0.3) is 0 Å². The van der Waals surface area contributed by atoms with Crippen LogP contribution in [-0.4, -0.2) is 165 Å². The molecule has 0 saturated carbocycles. The Morgan fingerprint density at radius 1 is 0.568 bits per heavy atom. The van der Waals surface area contributed by atoms with Crippen LogP contribution in [0.2, 0.25) is 0 Å². The van der Waals surface area contributed by atoms with Gasteiger partial charge in [-0.1, -0.05) is 32.4 Å². The van der Waals surface area contributed by atoms with Crippen LogP contribution >= 0.6 is 0 Å². The first-order valence-corrected chi connectivity index (χ1v) is 24.3. The molecular weight excluding hydrogens is 975 g/mol. The van der Waals surface area contributed by atoms with Crippen molar-refractivity contribution >= 4 is 65.2 Å². The zero-order valence-electron chi connectivity index (χ0n) is 42.0. The molecular formula is C46H77N13O15. The van der Waals surface area contributed by atoms with Gasteiger partial charge < -0.3 is 91.4 Å². The summed E-state index contributed by atoms with van der Waals surface area (Å²) in [4.78, 5) is 136. The summed E-state index contributed by atoms with van der Waals surface area (Å²) < 4.78 is 0. The quantitative estimate of drug-likeness (QED) is 0.0171. The predicted molar refractivity (Wildman–Crippen MR) is 267 cm³/mol. The SMILES string of the molecule is CCC(C)C(NC(=O)C(CC(=O)O)NC(=O)C(CCC(=O)O)NC(=O)C(CCCN=C(N)N)NC(=O)C(NC(=O)C(CCCCN)NC(=O)C(N)Cc1ccc(O)cc1)C(C)O)C(=O)NC(CCCCN)C(=O)O. The lowest BCUT2D eigenvalue weighted by Crippen LogP contribution is -2.62. The summed E-state index contributed by atoms with van der Waals surface area (Å²) in [6.07, 6.45) is -2.49. The number of carboxylic acid groups (broad SMARTS) is 3. The molecule has 0 aliphatic carbocycles. The van der Waals surface area contributed by atoms with Crippen LogP contribution in [0.3, 0.4) is 0 Å². The lowest BCUT2D eigenvalue weighted by molar-refractivity contribution is -0.144. The molecule has 0 fully saturated rings. The van der Waals surface area contributed by atoms with Crippen molar-refractivity contribution in [3.8, 4) is 5.75 Å². The van der Waals surface area contributed by atoms with Gasteiger partial charge in [-0.15, -0.1) is 0 Å². The number of aliphatic hydroxyl groups is 1. The molecule has 0 radical (unpaired) electrons. The molecule has 10 unspecified atom stereocenters. The number of hydrogen-bond donors (Lipinski definition) is 17. The van der Waals surface area contributed by atoms with E-state index in [0.29, 0.717) is 31.2 Å². The van der Waals surface area contributed by atoms with E-state index in [4.69, 9.17) is 28.7 Å². The number of aliphatic imine (C=N–C) groups is 1. The molecule has 0 aliphatic heterocycles. The molecule has 10 atom stereocenters. The number of amides is 7. The van der Waals surface area contributed by atoms with E-state index in [1.165, 1.54) is 12.1 Å². The molecule has 1 aromatic rings. The number of guanidine groups is 1. The fourth-order valence-electron chi connectivity index (χ4n) is 7.14. The van der Waals surface area contributed by atoms with Gasteiger partial charge in [0, 0.05) is 13.0 Å². The van der Waals surface area contributed by atoms with E-state index in [1.807, 2.05) is 0 Å². The Hall–Kier alpha value is -7.17. The maximum absolute atomic E-state index is 14.1. The second-order valence-corrected chi connectivity index (χ2v) is 17.8. The maximum atomic E-state index is 14.1. The molecule has 0 bridgehead atoms. The van der Waals surface area contributed by atoms with Crippen molar-refractivity contribution in [2.45, 2.75) is 159 Å². The van der Waals surface area contributed by atoms with E-state index in [0.717, 1.165) is 6.92 Å². The molecule has 28 nitrogen and oxygen atoms in total. The minimum atomic E-state index is -1.95. The molecule has 0 saturated heterocycles. The third-order valence-electron chi connectivity index (χ3n) is 11.6.